The van der Waals surface area contributed by atoms with E-state index in [2.05, 4.69) is 15.5 Å². The molecule has 0 fully saturated rings. The number of amides is 3. The van der Waals surface area contributed by atoms with Crippen LogP contribution in [0.3, 0.4) is 0 Å². The second kappa shape index (κ2) is 11.8. The number of fused-ring (bicyclic) bond motifs is 1. The Balaban J connectivity index is 1.59. The summed E-state index contributed by atoms with van der Waals surface area (Å²) < 4.78 is 0. The molecule has 2 aromatic carbocycles. The van der Waals surface area contributed by atoms with Crippen molar-refractivity contribution in [1.82, 2.24) is 4.90 Å². The minimum atomic E-state index is -0.784. The van der Waals surface area contributed by atoms with Gasteiger partial charge in [-0.1, -0.05) is 19.1 Å². The molecule has 0 radical (unpaired) electrons. The Labute approximate surface area is 231 Å². The smallest absolute Gasteiger partial charge is 0.333 e. The number of carbonyl (C=O) groups excluding carboxylic acids is 3. The van der Waals surface area contributed by atoms with E-state index in [4.69, 9.17) is 0 Å². The van der Waals surface area contributed by atoms with Crippen LogP contribution in [0.1, 0.15) is 41.0 Å². The molecule has 0 unspecified atom stereocenters. The summed E-state index contributed by atoms with van der Waals surface area (Å²) in [6.45, 7) is 4.52. The van der Waals surface area contributed by atoms with Crippen LogP contribution < -0.4 is 10.2 Å². The van der Waals surface area contributed by atoms with Crippen LogP contribution >= 0.6 is 11.3 Å². The predicted octanol–water partition coefficient (Wildman–Crippen LogP) is 5.45. The first-order valence-corrected chi connectivity index (χ1v) is 12.9. The normalized spacial score (nSPS) is 12.6. The number of rotatable bonds is 11. The van der Waals surface area contributed by atoms with E-state index >= 15 is 0 Å². The highest BCUT2D eigenvalue weighted by Crippen LogP contribution is 2.42. The summed E-state index contributed by atoms with van der Waals surface area (Å²) >= 11 is 0.509. The maximum atomic E-state index is 12.7. The molecule has 0 saturated heterocycles. The van der Waals surface area contributed by atoms with Gasteiger partial charge in [0.25, 0.3) is 11.8 Å². The molecule has 3 amide bonds. The van der Waals surface area contributed by atoms with Crippen molar-refractivity contribution >= 4 is 61.8 Å². The number of nitro groups is 2. The summed E-state index contributed by atoms with van der Waals surface area (Å²) in [6, 6.07) is 12.3. The van der Waals surface area contributed by atoms with E-state index in [0.717, 1.165) is 6.07 Å². The van der Waals surface area contributed by atoms with Crippen molar-refractivity contribution in [2.75, 3.05) is 29.9 Å². The molecule has 0 bridgehead atoms. The highest BCUT2D eigenvalue weighted by atomic mass is 32.1. The highest BCUT2D eigenvalue weighted by Gasteiger charge is 2.35. The standard InChI is InChI=1S/C25H23N7O7S/c1-3-21(33)26-19-13-15(9-10-18(19)27-28-23-20(31(36)37)14-22(40-23)32(38)39)29(4-2)11-12-30-24(34)16-7-5-6-8-17(16)25(30)35/h5-10,13-14H,3-4,11-12H2,1-2H3,(H,26,33)/b28-27+. The Kier molecular flexibility index (Phi) is 8.23. The van der Waals surface area contributed by atoms with Crippen LogP contribution in [-0.4, -0.2) is 52.1 Å². The fraction of sp³-hybridized carbons (Fsp3) is 0.240. The molecule has 1 aliphatic rings. The van der Waals surface area contributed by atoms with Crippen molar-refractivity contribution in [1.29, 1.82) is 0 Å². The third-order valence-electron chi connectivity index (χ3n) is 6.10. The highest BCUT2D eigenvalue weighted by molar-refractivity contribution is 7.19. The number of imide groups is 1. The number of thiophene rings is 1. The van der Waals surface area contributed by atoms with Gasteiger partial charge in [0.2, 0.25) is 10.9 Å². The number of likely N-dealkylation sites (N-methyl/N-ethyl adjacent to an activating group) is 1. The van der Waals surface area contributed by atoms with Gasteiger partial charge in [-0.05, 0) is 48.6 Å². The molecule has 3 aromatic rings. The Hall–Kier alpha value is -5.05. The number of anilines is 2. The van der Waals surface area contributed by atoms with Crippen molar-refractivity contribution in [3.63, 3.8) is 0 Å². The lowest BCUT2D eigenvalue weighted by Gasteiger charge is -2.26. The average molecular weight is 566 g/mol. The quantitative estimate of drug-likeness (QED) is 0.138. The molecule has 1 aromatic heterocycles. The van der Waals surface area contributed by atoms with Gasteiger partial charge in [0.15, 0.2) is 0 Å². The van der Waals surface area contributed by atoms with Crippen LogP contribution in [0.4, 0.5) is 32.8 Å². The summed E-state index contributed by atoms with van der Waals surface area (Å²) in [5.74, 6) is -1.03. The van der Waals surface area contributed by atoms with Crippen molar-refractivity contribution < 1.29 is 24.2 Å². The third-order valence-corrected chi connectivity index (χ3v) is 7.06. The lowest BCUT2D eigenvalue weighted by Crippen LogP contribution is -2.38. The van der Waals surface area contributed by atoms with Gasteiger partial charge in [-0.15, -0.1) is 10.2 Å². The Morgan fingerprint density at radius 1 is 1.00 bits per heavy atom. The van der Waals surface area contributed by atoms with Crippen molar-refractivity contribution in [2.24, 2.45) is 10.2 Å². The minimum absolute atomic E-state index is 0.138. The van der Waals surface area contributed by atoms with Crippen LogP contribution in [0.25, 0.3) is 0 Å². The van der Waals surface area contributed by atoms with Gasteiger partial charge in [-0.25, -0.2) is 0 Å². The van der Waals surface area contributed by atoms with Gasteiger partial charge in [-0.3, -0.25) is 39.5 Å². The molecule has 0 spiro atoms. The number of benzene rings is 2. The molecule has 0 saturated carbocycles. The fourth-order valence-electron chi connectivity index (χ4n) is 4.03. The zero-order valence-corrected chi connectivity index (χ0v) is 22.2. The zero-order valence-electron chi connectivity index (χ0n) is 21.4. The summed E-state index contributed by atoms with van der Waals surface area (Å²) in [4.78, 5) is 61.6. The molecular weight excluding hydrogens is 542 g/mol. The largest absolute Gasteiger partial charge is 0.370 e. The molecule has 206 valence electrons. The van der Waals surface area contributed by atoms with Gasteiger partial charge in [-0.2, -0.15) is 0 Å². The lowest BCUT2D eigenvalue weighted by atomic mass is 10.1. The Morgan fingerprint density at radius 2 is 1.68 bits per heavy atom. The molecule has 2 heterocycles. The van der Waals surface area contributed by atoms with E-state index in [1.54, 1.807) is 49.4 Å². The summed E-state index contributed by atoms with van der Waals surface area (Å²) in [6.07, 6.45) is 0.167. The maximum absolute atomic E-state index is 12.7. The van der Waals surface area contributed by atoms with Crippen molar-refractivity contribution in [3.05, 3.63) is 79.9 Å². The van der Waals surface area contributed by atoms with Crippen molar-refractivity contribution in [3.8, 4) is 0 Å². The van der Waals surface area contributed by atoms with Crippen LogP contribution in [-0.2, 0) is 4.79 Å². The van der Waals surface area contributed by atoms with Gasteiger partial charge in [0, 0.05) is 31.7 Å². The topological polar surface area (TPSA) is 181 Å². The Bertz CT molecular complexity index is 1520. The second-order valence-corrected chi connectivity index (χ2v) is 9.49. The van der Waals surface area contributed by atoms with Gasteiger partial charge in [0.1, 0.15) is 11.8 Å². The first kappa shape index (κ1) is 28.0. The molecule has 0 aliphatic carbocycles. The van der Waals surface area contributed by atoms with E-state index < -0.39 is 20.5 Å². The van der Waals surface area contributed by atoms with E-state index in [1.807, 2.05) is 11.8 Å². The SMILES string of the molecule is CCC(=O)Nc1cc(N(CC)CCN2C(=O)c3ccccc3C2=O)ccc1/N=N/c1sc([N+](=O)[O-])cc1[N+](=O)[O-]. The summed E-state index contributed by atoms with van der Waals surface area (Å²) in [7, 11) is 0. The van der Waals surface area contributed by atoms with Gasteiger partial charge >= 0.3 is 10.7 Å². The number of hydrogen-bond donors (Lipinski definition) is 1. The molecule has 1 aliphatic heterocycles. The Morgan fingerprint density at radius 3 is 2.25 bits per heavy atom. The van der Waals surface area contributed by atoms with Crippen LogP contribution in [0.5, 0.6) is 0 Å². The average Bonchev–Trinajstić information content (AvgIpc) is 3.48. The van der Waals surface area contributed by atoms with Gasteiger partial charge in [0.05, 0.1) is 26.7 Å². The zero-order chi connectivity index (χ0) is 29.0. The first-order valence-electron chi connectivity index (χ1n) is 12.1. The van der Waals surface area contributed by atoms with Gasteiger partial charge < -0.3 is 10.2 Å². The van der Waals surface area contributed by atoms with Crippen molar-refractivity contribution in [2.45, 2.75) is 20.3 Å². The molecule has 14 nitrogen and oxygen atoms in total. The monoisotopic (exact) mass is 565 g/mol. The minimum Gasteiger partial charge on any atom is -0.370 e. The van der Waals surface area contributed by atoms with E-state index in [9.17, 15) is 34.6 Å². The van der Waals surface area contributed by atoms with Crippen LogP contribution in [0, 0.1) is 20.2 Å². The van der Waals surface area contributed by atoms with E-state index in [0.29, 0.717) is 41.2 Å². The summed E-state index contributed by atoms with van der Waals surface area (Å²) in [5, 5.41) is 32.3. The molecule has 1 N–H and O–H groups in total. The maximum Gasteiger partial charge on any atom is 0.333 e. The number of hydrogen-bond acceptors (Lipinski definition) is 11. The third kappa shape index (κ3) is 5.68. The molecule has 0 atom stereocenters. The second-order valence-electron chi connectivity index (χ2n) is 8.48. The fourth-order valence-corrected chi connectivity index (χ4v) is 4.79. The lowest BCUT2D eigenvalue weighted by molar-refractivity contribution is -0.389. The number of azo groups is 1. The number of nitrogens with zero attached hydrogens (tertiary/aromatic N) is 6. The van der Waals surface area contributed by atoms with Crippen LogP contribution in [0.2, 0.25) is 0 Å². The van der Waals surface area contributed by atoms with E-state index in [1.165, 1.54) is 4.90 Å². The molecule has 4 rings (SSSR count). The molecule has 40 heavy (non-hydrogen) atoms. The summed E-state index contributed by atoms with van der Waals surface area (Å²) in [5.41, 5.74) is 1.27. The predicted molar refractivity (Wildman–Crippen MR) is 147 cm³/mol. The number of carbonyl (C=O) groups is 3. The first-order chi connectivity index (χ1) is 19.1. The van der Waals surface area contributed by atoms with E-state index in [-0.39, 0.29) is 47.1 Å². The number of nitrogens with one attached hydrogen (secondary N) is 1. The molecular formula is C25H23N7O7S. The van der Waals surface area contributed by atoms with Crippen LogP contribution in [0.15, 0.2) is 58.8 Å². The molecule has 15 heteroatoms.